The third-order valence-corrected chi connectivity index (χ3v) is 11.1. The fraction of sp³-hybridized carbons (Fsp3) is 0.143. The predicted octanol–water partition coefficient (Wildman–Crippen LogP) is 13.7. The van der Waals surface area contributed by atoms with E-state index in [1.807, 2.05) is 6.07 Å². The Bertz CT molecular complexity index is 2560. The molecule has 0 spiro atoms. The Hall–Kier alpha value is -6.68. The molecule has 294 valence electrons. The van der Waals surface area contributed by atoms with E-state index in [4.69, 9.17) is 10.4 Å². The number of fused-ring (bicyclic) bond motifs is 3. The van der Waals surface area contributed by atoms with E-state index in [1.54, 1.807) is 11.1 Å². The van der Waals surface area contributed by atoms with Gasteiger partial charge in [0.1, 0.15) is 0 Å². The molecule has 2 aliphatic rings. The van der Waals surface area contributed by atoms with Crippen LogP contribution in [-0.4, -0.2) is 19.5 Å². The third-order valence-electron chi connectivity index (χ3n) is 11.1. The van der Waals surface area contributed by atoms with Crippen LogP contribution in [0.4, 0.5) is 0 Å². The van der Waals surface area contributed by atoms with E-state index in [2.05, 4.69) is 209 Å². The van der Waals surface area contributed by atoms with Gasteiger partial charge in [-0.15, -0.1) is 0 Å². The standard InChI is InChI=1S/C33H27N.C21H20.CH5N.CH3N/c1-25-10-8-16-31(22-25)33(34-24-26-11-4-2-5-12-26)32-17-9-15-30(23-32)29-20-18-28(19-21-29)27-13-6-3-7-14-27;1-14-7-5-10-17(15(14)2)19-11-6-12-20-18-9-4-3-8-16(18)13-21(19)20;2*1-2/h2-23H,24H2,1H3;3-5,7-10,12H,6,11,13H2,1-2H3;2H2,1H3;2H,1H2. The van der Waals surface area contributed by atoms with Gasteiger partial charge in [0.2, 0.25) is 0 Å². The van der Waals surface area contributed by atoms with Crippen molar-refractivity contribution in [1.29, 1.82) is 5.41 Å². The summed E-state index contributed by atoms with van der Waals surface area (Å²) < 4.78 is 0. The van der Waals surface area contributed by atoms with Crippen molar-refractivity contribution in [2.45, 2.75) is 46.6 Å². The number of benzene rings is 7. The van der Waals surface area contributed by atoms with Crippen LogP contribution in [0.1, 0.15) is 62.9 Å². The van der Waals surface area contributed by atoms with Crippen molar-refractivity contribution < 1.29 is 0 Å². The zero-order valence-corrected chi connectivity index (χ0v) is 34.9. The van der Waals surface area contributed by atoms with Crippen molar-refractivity contribution in [3.05, 3.63) is 238 Å². The molecule has 0 aliphatic heterocycles. The summed E-state index contributed by atoms with van der Waals surface area (Å²) in [5.41, 5.74) is 27.0. The molecule has 0 fully saturated rings. The number of nitrogens with zero attached hydrogens (tertiary/aromatic N) is 1. The van der Waals surface area contributed by atoms with E-state index < -0.39 is 0 Å². The highest BCUT2D eigenvalue weighted by molar-refractivity contribution is 6.13. The summed E-state index contributed by atoms with van der Waals surface area (Å²) in [4.78, 5) is 5.08. The van der Waals surface area contributed by atoms with Crippen molar-refractivity contribution in [3.8, 4) is 22.3 Å². The highest BCUT2D eigenvalue weighted by Crippen LogP contribution is 2.45. The number of hydrogen-bond donors (Lipinski definition) is 2. The van der Waals surface area contributed by atoms with Crippen LogP contribution in [-0.2, 0) is 13.0 Å². The van der Waals surface area contributed by atoms with Gasteiger partial charge in [-0.25, -0.2) is 0 Å². The maximum Gasteiger partial charge on any atom is 0.0723 e. The number of hydrogen-bond acceptors (Lipinski definition) is 3. The summed E-state index contributed by atoms with van der Waals surface area (Å²) >= 11 is 0. The highest BCUT2D eigenvalue weighted by atomic mass is 14.7. The summed E-state index contributed by atoms with van der Waals surface area (Å²) in [6, 6.07) is 62.6. The van der Waals surface area contributed by atoms with Gasteiger partial charge in [-0.05, 0) is 138 Å². The largest absolute Gasteiger partial charge is 0.333 e. The van der Waals surface area contributed by atoms with E-state index in [0.29, 0.717) is 6.54 Å². The quantitative estimate of drug-likeness (QED) is 0.156. The molecule has 3 nitrogen and oxygen atoms in total. The maximum absolute atomic E-state index is 5.50. The SMILES string of the molecule is C=N.CN.Cc1cccc(C(=NCc2ccccc2)c2cccc(-c3ccc(-c4ccccc4)cc3)c2)c1.Cc1cccc(C2=C3Cc4ccccc4C3=CCC2)c1C. The molecule has 0 radical (unpaired) electrons. The molecule has 0 bridgehead atoms. The third kappa shape index (κ3) is 10.1. The minimum Gasteiger partial charge on any atom is -0.333 e. The molecule has 0 atom stereocenters. The molecule has 2 aliphatic carbocycles. The lowest BCUT2D eigenvalue weighted by molar-refractivity contribution is 1.03. The molecule has 9 rings (SSSR count). The fourth-order valence-electron chi connectivity index (χ4n) is 8.00. The van der Waals surface area contributed by atoms with Gasteiger partial charge >= 0.3 is 0 Å². The zero-order chi connectivity index (χ0) is 41.6. The molecule has 7 aromatic carbocycles. The van der Waals surface area contributed by atoms with E-state index in [0.717, 1.165) is 29.7 Å². The minimum absolute atomic E-state index is 0.653. The van der Waals surface area contributed by atoms with Crippen molar-refractivity contribution in [3.63, 3.8) is 0 Å². The molecule has 0 aromatic heterocycles. The maximum atomic E-state index is 5.50. The van der Waals surface area contributed by atoms with Gasteiger partial charge < -0.3 is 11.1 Å². The number of rotatable bonds is 7. The molecule has 0 saturated heterocycles. The second-order valence-electron chi connectivity index (χ2n) is 14.7. The van der Waals surface area contributed by atoms with Gasteiger partial charge in [-0.1, -0.05) is 175 Å². The summed E-state index contributed by atoms with van der Waals surface area (Å²) in [5, 5.41) is 5.50. The first kappa shape index (κ1) is 41.9. The summed E-state index contributed by atoms with van der Waals surface area (Å²) in [5.74, 6) is 0. The summed E-state index contributed by atoms with van der Waals surface area (Å²) in [6.45, 7) is 9.76. The predicted molar refractivity (Wildman–Crippen MR) is 254 cm³/mol. The number of aryl methyl sites for hydroxylation is 2. The smallest absolute Gasteiger partial charge is 0.0723 e. The highest BCUT2D eigenvalue weighted by Gasteiger charge is 2.27. The Morgan fingerprint density at radius 3 is 1.83 bits per heavy atom. The van der Waals surface area contributed by atoms with Crippen LogP contribution in [0.3, 0.4) is 0 Å². The van der Waals surface area contributed by atoms with Gasteiger partial charge in [-0.3, -0.25) is 4.99 Å². The molecule has 7 aromatic rings. The molecule has 0 amide bonds. The lowest BCUT2D eigenvalue weighted by Gasteiger charge is -2.20. The fourth-order valence-corrected chi connectivity index (χ4v) is 8.00. The molecule has 3 heteroatoms. The Balaban J connectivity index is 0.000000200. The molecular formula is C56H55N3. The summed E-state index contributed by atoms with van der Waals surface area (Å²) in [7, 11) is 1.50. The number of nitrogens with one attached hydrogen (secondary N) is 1. The lowest BCUT2D eigenvalue weighted by Crippen LogP contribution is -2.05. The van der Waals surface area contributed by atoms with E-state index >= 15 is 0 Å². The van der Waals surface area contributed by atoms with Crippen LogP contribution in [0.15, 0.2) is 193 Å². The second kappa shape index (κ2) is 20.7. The minimum atomic E-state index is 0.653. The van der Waals surface area contributed by atoms with Gasteiger partial charge in [-0.2, -0.15) is 0 Å². The van der Waals surface area contributed by atoms with E-state index in [1.165, 1.54) is 80.2 Å². The molecule has 0 unspecified atom stereocenters. The average molecular weight is 770 g/mol. The van der Waals surface area contributed by atoms with Crippen molar-refractivity contribution >= 4 is 23.6 Å². The second-order valence-corrected chi connectivity index (χ2v) is 14.7. The molecular weight excluding hydrogens is 715 g/mol. The Morgan fingerprint density at radius 1 is 0.559 bits per heavy atom. The van der Waals surface area contributed by atoms with Crippen LogP contribution >= 0.6 is 0 Å². The first-order valence-corrected chi connectivity index (χ1v) is 20.4. The Morgan fingerprint density at radius 2 is 1.12 bits per heavy atom. The van der Waals surface area contributed by atoms with Gasteiger partial charge in [0.05, 0.1) is 12.3 Å². The van der Waals surface area contributed by atoms with Crippen LogP contribution in [0.2, 0.25) is 0 Å². The number of aliphatic imine (C=N–C) groups is 1. The monoisotopic (exact) mass is 769 g/mol. The topological polar surface area (TPSA) is 62.2 Å². The summed E-state index contributed by atoms with van der Waals surface area (Å²) in [6.07, 6.45) is 5.88. The molecule has 3 N–H and O–H groups in total. The average Bonchev–Trinajstić information content (AvgIpc) is 3.69. The first-order chi connectivity index (χ1) is 29.0. The Kier molecular flexibility index (Phi) is 14.7. The first-order valence-electron chi connectivity index (χ1n) is 20.4. The normalized spacial score (nSPS) is 12.6. The number of allylic oxidation sites excluding steroid dienone is 4. The van der Waals surface area contributed by atoms with Gasteiger partial charge in [0, 0.05) is 11.1 Å². The lowest BCUT2D eigenvalue weighted by atomic mass is 9.84. The van der Waals surface area contributed by atoms with Crippen LogP contribution in [0.5, 0.6) is 0 Å². The van der Waals surface area contributed by atoms with Crippen molar-refractivity contribution in [2.24, 2.45) is 10.7 Å². The van der Waals surface area contributed by atoms with Gasteiger partial charge in [0.15, 0.2) is 0 Å². The van der Waals surface area contributed by atoms with Crippen LogP contribution < -0.4 is 5.73 Å². The van der Waals surface area contributed by atoms with Gasteiger partial charge in [0.25, 0.3) is 0 Å². The number of nitrogens with two attached hydrogens (primary N) is 1. The van der Waals surface area contributed by atoms with Crippen LogP contribution in [0, 0.1) is 26.2 Å². The van der Waals surface area contributed by atoms with E-state index in [-0.39, 0.29) is 0 Å². The van der Waals surface area contributed by atoms with Crippen LogP contribution in [0.25, 0.3) is 33.4 Å². The zero-order valence-electron chi connectivity index (χ0n) is 34.9. The van der Waals surface area contributed by atoms with E-state index in [9.17, 15) is 0 Å². The molecule has 59 heavy (non-hydrogen) atoms. The molecule has 0 saturated carbocycles. The van der Waals surface area contributed by atoms with Crippen molar-refractivity contribution in [1.82, 2.24) is 0 Å². The molecule has 0 heterocycles. The van der Waals surface area contributed by atoms with Crippen molar-refractivity contribution in [2.75, 3.05) is 7.05 Å². The Labute approximate surface area is 351 Å².